The van der Waals surface area contributed by atoms with Crippen LogP contribution in [-0.2, 0) is 22.4 Å². The van der Waals surface area contributed by atoms with Gasteiger partial charge < -0.3 is 19.9 Å². The van der Waals surface area contributed by atoms with Crippen LogP contribution in [0.25, 0.3) is 21.5 Å². The number of rotatable bonds is 9. The van der Waals surface area contributed by atoms with Crippen LogP contribution in [0, 0.1) is 0 Å². The minimum absolute atomic E-state index is 0.137. The molecule has 1 heterocycles. The summed E-state index contributed by atoms with van der Waals surface area (Å²) >= 11 is 0. The van der Waals surface area contributed by atoms with E-state index >= 15 is 0 Å². The lowest BCUT2D eigenvalue weighted by atomic mass is 9.99. The van der Waals surface area contributed by atoms with E-state index in [1.165, 1.54) is 4.90 Å². The minimum atomic E-state index is -0.793. The summed E-state index contributed by atoms with van der Waals surface area (Å²) in [6.07, 6.45) is 0.420. The maximum atomic E-state index is 13.6. The predicted molar refractivity (Wildman–Crippen MR) is 154 cm³/mol. The first-order valence-electron chi connectivity index (χ1n) is 13.3. The fourth-order valence-corrected chi connectivity index (χ4v) is 4.82. The van der Waals surface area contributed by atoms with Crippen LogP contribution in [0.1, 0.15) is 47.5 Å². The van der Waals surface area contributed by atoms with Gasteiger partial charge in [-0.2, -0.15) is 4.98 Å². The van der Waals surface area contributed by atoms with Gasteiger partial charge in [0.15, 0.2) is 0 Å². The lowest BCUT2D eigenvalue weighted by Crippen LogP contribution is -2.45. The molecule has 0 spiro atoms. The minimum Gasteiger partial charge on any atom is -0.457 e. The Kier molecular flexibility index (Phi) is 7.89. The van der Waals surface area contributed by atoms with Crippen LogP contribution in [0.3, 0.4) is 0 Å². The number of hydrogen-bond donors (Lipinski definition) is 1. The van der Waals surface area contributed by atoms with E-state index < -0.39 is 18.1 Å². The molecule has 0 aliphatic rings. The van der Waals surface area contributed by atoms with Crippen LogP contribution < -0.4 is 5.73 Å². The molecule has 4 aromatic carbocycles. The Bertz CT molecular complexity index is 1660. The molecule has 40 heavy (non-hydrogen) atoms. The molecule has 0 saturated carbocycles. The van der Waals surface area contributed by atoms with E-state index in [1.807, 2.05) is 72.8 Å². The van der Waals surface area contributed by atoms with Gasteiger partial charge in [0, 0.05) is 13.5 Å². The Hall–Kier alpha value is -4.56. The molecule has 2 N–H and O–H groups in total. The number of hydrogen-bond acceptors (Lipinski definition) is 7. The largest absolute Gasteiger partial charge is 0.457 e. The highest BCUT2D eigenvalue weighted by Crippen LogP contribution is 2.26. The van der Waals surface area contributed by atoms with Crippen molar-refractivity contribution in [3.8, 4) is 0 Å². The summed E-state index contributed by atoms with van der Waals surface area (Å²) in [4.78, 5) is 31.9. The molecule has 0 aliphatic carbocycles. The summed E-state index contributed by atoms with van der Waals surface area (Å²) in [5.41, 5.74) is 8.39. The molecule has 204 valence electrons. The highest BCUT2D eigenvalue weighted by molar-refractivity contribution is 5.86. The van der Waals surface area contributed by atoms with Gasteiger partial charge in [-0.15, -0.1) is 0 Å². The lowest BCUT2D eigenvalue weighted by molar-refractivity contribution is -0.134. The first-order valence-corrected chi connectivity index (χ1v) is 13.3. The Morgan fingerprint density at radius 1 is 0.850 bits per heavy atom. The SMILES string of the molecule is CC(C)OC(=O)c1noc([C@@H](Cc2ccc3ccccc3c2)N(C)C(=O)[C@H](N)Cc2ccc3ccccc3c2)n1. The van der Waals surface area contributed by atoms with E-state index in [0.29, 0.717) is 12.8 Å². The molecule has 0 radical (unpaired) electrons. The summed E-state index contributed by atoms with van der Waals surface area (Å²) in [6, 6.07) is 26.9. The van der Waals surface area contributed by atoms with E-state index in [4.69, 9.17) is 15.0 Å². The molecule has 0 fully saturated rings. The quantitative estimate of drug-likeness (QED) is 0.256. The standard InChI is InChI=1S/C32H32N4O4/c1-20(2)39-32(38)29-34-30(40-35-29)28(19-22-13-15-24-9-5-7-11-26(24)17-22)36(3)31(37)27(33)18-21-12-14-23-8-4-6-10-25(23)16-21/h4-17,20,27-28H,18-19,33H2,1-3H3/t27-,28-/m1/s1. The van der Waals surface area contributed by atoms with Crippen LogP contribution in [-0.4, -0.2) is 46.1 Å². The number of carbonyl (C=O) groups is 2. The average Bonchev–Trinajstić information content (AvgIpc) is 3.45. The zero-order chi connectivity index (χ0) is 28.2. The second-order valence-electron chi connectivity index (χ2n) is 10.3. The number of fused-ring (bicyclic) bond motifs is 2. The number of likely N-dealkylation sites (N-methyl/N-ethyl adjacent to an activating group) is 1. The van der Waals surface area contributed by atoms with Crippen molar-refractivity contribution in [3.05, 3.63) is 108 Å². The van der Waals surface area contributed by atoms with E-state index in [0.717, 1.165) is 32.7 Å². The second kappa shape index (κ2) is 11.7. The Morgan fingerprint density at radius 3 is 1.98 bits per heavy atom. The monoisotopic (exact) mass is 536 g/mol. The van der Waals surface area contributed by atoms with Crippen molar-refractivity contribution in [2.24, 2.45) is 5.73 Å². The van der Waals surface area contributed by atoms with E-state index in [-0.39, 0.29) is 23.7 Å². The molecule has 0 aliphatic heterocycles. The number of carbonyl (C=O) groups excluding carboxylic acids is 2. The zero-order valence-corrected chi connectivity index (χ0v) is 22.8. The maximum Gasteiger partial charge on any atom is 0.380 e. The van der Waals surface area contributed by atoms with Crippen molar-refractivity contribution in [1.82, 2.24) is 15.0 Å². The van der Waals surface area contributed by atoms with Crippen molar-refractivity contribution in [2.45, 2.75) is 44.9 Å². The first-order chi connectivity index (χ1) is 19.3. The van der Waals surface area contributed by atoms with Crippen LogP contribution >= 0.6 is 0 Å². The highest BCUT2D eigenvalue weighted by atomic mass is 16.5. The number of amides is 1. The molecule has 1 amide bonds. The van der Waals surface area contributed by atoms with Gasteiger partial charge >= 0.3 is 5.97 Å². The maximum absolute atomic E-state index is 13.6. The van der Waals surface area contributed by atoms with Gasteiger partial charge in [0.2, 0.25) is 11.8 Å². The molecule has 5 aromatic rings. The third kappa shape index (κ3) is 6.02. The smallest absolute Gasteiger partial charge is 0.380 e. The third-order valence-corrected chi connectivity index (χ3v) is 6.90. The van der Waals surface area contributed by atoms with Gasteiger partial charge in [-0.05, 0) is 58.1 Å². The third-order valence-electron chi connectivity index (χ3n) is 6.90. The van der Waals surface area contributed by atoms with Crippen molar-refractivity contribution in [2.75, 3.05) is 7.05 Å². The van der Waals surface area contributed by atoms with Crippen LogP contribution in [0.2, 0.25) is 0 Å². The first kappa shape index (κ1) is 27.0. The Labute approximate surface area is 232 Å². The molecule has 5 rings (SSSR count). The summed E-state index contributed by atoms with van der Waals surface area (Å²) in [6.45, 7) is 3.48. The summed E-state index contributed by atoms with van der Waals surface area (Å²) in [5.74, 6) is -1.01. The lowest BCUT2D eigenvalue weighted by Gasteiger charge is -2.28. The molecule has 0 saturated heterocycles. The van der Waals surface area contributed by atoms with Crippen molar-refractivity contribution in [3.63, 3.8) is 0 Å². The van der Waals surface area contributed by atoms with Gasteiger partial charge in [0.1, 0.15) is 6.04 Å². The Morgan fingerprint density at radius 2 is 1.40 bits per heavy atom. The molecule has 0 unspecified atom stereocenters. The molecule has 0 bridgehead atoms. The Balaban J connectivity index is 1.41. The summed E-state index contributed by atoms with van der Waals surface area (Å²) in [7, 11) is 1.67. The van der Waals surface area contributed by atoms with Gasteiger partial charge in [-0.25, -0.2) is 4.79 Å². The fraction of sp³-hybridized carbons (Fsp3) is 0.250. The second-order valence-corrected chi connectivity index (χ2v) is 10.3. The van der Waals surface area contributed by atoms with Crippen LogP contribution in [0.15, 0.2) is 89.5 Å². The summed E-state index contributed by atoms with van der Waals surface area (Å²) in [5, 5.41) is 8.24. The average molecular weight is 537 g/mol. The number of ether oxygens (including phenoxy) is 1. The van der Waals surface area contributed by atoms with E-state index in [2.05, 4.69) is 22.3 Å². The zero-order valence-electron chi connectivity index (χ0n) is 22.8. The molecule has 1 aromatic heterocycles. The molecular formula is C32H32N4O4. The van der Waals surface area contributed by atoms with Crippen LogP contribution in [0.4, 0.5) is 0 Å². The van der Waals surface area contributed by atoms with Gasteiger partial charge in [-0.1, -0.05) is 84.9 Å². The molecule has 2 atom stereocenters. The number of aromatic nitrogens is 2. The predicted octanol–water partition coefficient (Wildman–Crippen LogP) is 5.25. The summed E-state index contributed by atoms with van der Waals surface area (Å²) < 4.78 is 10.7. The normalized spacial score (nSPS) is 12.9. The van der Waals surface area contributed by atoms with Gasteiger partial charge in [-0.3, -0.25) is 4.79 Å². The van der Waals surface area contributed by atoms with E-state index in [9.17, 15) is 9.59 Å². The fourth-order valence-electron chi connectivity index (χ4n) is 4.82. The number of nitrogens with zero attached hydrogens (tertiary/aromatic N) is 3. The van der Waals surface area contributed by atoms with Gasteiger partial charge in [0.05, 0.1) is 12.1 Å². The molecule has 8 nitrogen and oxygen atoms in total. The number of nitrogens with two attached hydrogens (primary N) is 1. The van der Waals surface area contributed by atoms with Crippen LogP contribution in [0.5, 0.6) is 0 Å². The highest BCUT2D eigenvalue weighted by Gasteiger charge is 2.31. The van der Waals surface area contributed by atoms with Gasteiger partial charge in [0.25, 0.3) is 5.82 Å². The molecular weight excluding hydrogens is 504 g/mol. The molecule has 8 heteroatoms. The number of esters is 1. The van der Waals surface area contributed by atoms with E-state index in [1.54, 1.807) is 20.9 Å². The van der Waals surface area contributed by atoms with Crippen molar-refractivity contribution in [1.29, 1.82) is 0 Å². The van der Waals surface area contributed by atoms with Crippen molar-refractivity contribution < 1.29 is 18.8 Å². The topological polar surface area (TPSA) is 112 Å². The van der Waals surface area contributed by atoms with Crippen molar-refractivity contribution >= 4 is 33.4 Å². The number of benzene rings is 4.